The molecule has 23 heavy (non-hydrogen) atoms. The molecule has 4 aromatic heterocycles. The van der Waals surface area contributed by atoms with E-state index in [9.17, 15) is 0 Å². The highest BCUT2D eigenvalue weighted by Crippen LogP contribution is 2.20. The number of hydrogen-bond donors (Lipinski definition) is 4. The smallest absolute Gasteiger partial charge is 0.229 e. The molecule has 4 heterocycles. The third-order valence-electron chi connectivity index (χ3n) is 2.77. The summed E-state index contributed by atoms with van der Waals surface area (Å²) in [5.41, 5.74) is 11.9. The molecule has 118 valence electrons. The maximum Gasteiger partial charge on any atom is 0.229 e. The van der Waals surface area contributed by atoms with E-state index in [0.717, 1.165) is 5.39 Å². The van der Waals surface area contributed by atoms with Crippen molar-refractivity contribution in [1.82, 2.24) is 40.3 Å². The van der Waals surface area contributed by atoms with Gasteiger partial charge in [0, 0.05) is 0 Å². The molecular formula is C11H11ClN10O. The van der Waals surface area contributed by atoms with E-state index in [1.807, 2.05) is 0 Å². The fourth-order valence-corrected chi connectivity index (χ4v) is 2.02. The summed E-state index contributed by atoms with van der Waals surface area (Å²) in [6.45, 7) is 0. The number of nitrogens with two attached hydrogens (primary N) is 2. The molecule has 0 radical (unpaired) electrons. The summed E-state index contributed by atoms with van der Waals surface area (Å²) in [4.78, 5) is 15.4. The van der Waals surface area contributed by atoms with Crippen LogP contribution < -0.4 is 16.2 Å². The van der Waals surface area contributed by atoms with E-state index in [0.29, 0.717) is 27.7 Å². The van der Waals surface area contributed by atoms with Crippen LogP contribution in [-0.2, 0) is 0 Å². The highest BCUT2D eigenvalue weighted by Gasteiger charge is 2.07. The second-order valence-corrected chi connectivity index (χ2v) is 4.59. The van der Waals surface area contributed by atoms with Gasteiger partial charge >= 0.3 is 0 Å². The summed E-state index contributed by atoms with van der Waals surface area (Å²) in [5.74, 6) is 0.751. The van der Waals surface area contributed by atoms with Gasteiger partial charge in [-0.25, -0.2) is 4.98 Å². The fraction of sp³-hybridized carbons (Fsp3) is 0.0909. The van der Waals surface area contributed by atoms with Crippen molar-refractivity contribution >= 4 is 45.6 Å². The van der Waals surface area contributed by atoms with Gasteiger partial charge in [-0.15, -0.1) is 0 Å². The van der Waals surface area contributed by atoms with Crippen LogP contribution in [0.15, 0.2) is 12.4 Å². The maximum atomic E-state index is 5.71. The molecule has 0 aliphatic rings. The molecule has 0 atom stereocenters. The minimum Gasteiger partial charge on any atom is -0.480 e. The van der Waals surface area contributed by atoms with Gasteiger partial charge in [0.2, 0.25) is 17.8 Å². The van der Waals surface area contributed by atoms with E-state index in [1.165, 1.54) is 7.11 Å². The lowest BCUT2D eigenvalue weighted by molar-refractivity contribution is 0.403. The van der Waals surface area contributed by atoms with Crippen molar-refractivity contribution in [2.45, 2.75) is 0 Å². The minimum atomic E-state index is 0.145. The molecule has 11 nitrogen and oxygen atoms in total. The predicted octanol–water partition coefficient (Wildman–Crippen LogP) is 0.532. The van der Waals surface area contributed by atoms with E-state index in [-0.39, 0.29) is 11.9 Å². The Morgan fingerprint density at radius 1 is 0.913 bits per heavy atom. The number of fused-ring (bicyclic) bond motifs is 2. The van der Waals surface area contributed by atoms with Crippen LogP contribution in [0.5, 0.6) is 5.88 Å². The molecule has 4 rings (SSSR count). The standard InChI is InChI=1S/C6H7N5O.C5H4ClN5/c1-12-5-3-2-8-11-4(3)9-6(7)10-5;6-3-2-1-8-11-4(2)10-5(7)9-3/h2H,1H3,(H3,7,8,9,10,11);1H,(H3,7,8,9,10,11). The Kier molecular flexibility index (Phi) is 3.76. The highest BCUT2D eigenvalue weighted by molar-refractivity contribution is 6.33. The van der Waals surface area contributed by atoms with Gasteiger partial charge in [-0.1, -0.05) is 11.6 Å². The molecule has 0 aromatic carbocycles. The third-order valence-corrected chi connectivity index (χ3v) is 3.05. The molecular weight excluding hydrogens is 324 g/mol. The Bertz CT molecular complexity index is 964. The molecule has 0 bridgehead atoms. The number of H-pyrrole nitrogens is 2. The molecule has 0 fully saturated rings. The van der Waals surface area contributed by atoms with Crippen LogP contribution >= 0.6 is 11.6 Å². The average Bonchev–Trinajstić information content (AvgIpc) is 3.15. The SMILES string of the molecule is COc1nc(N)nc2[nH]ncc12.Nc1nc(Cl)c2cn[nH]c2n1. The Morgan fingerprint density at radius 2 is 1.48 bits per heavy atom. The van der Waals surface area contributed by atoms with Gasteiger partial charge < -0.3 is 16.2 Å². The molecule has 4 aromatic rings. The zero-order chi connectivity index (χ0) is 16.4. The topological polar surface area (TPSA) is 170 Å². The van der Waals surface area contributed by atoms with Crippen molar-refractivity contribution in [3.8, 4) is 5.88 Å². The predicted molar refractivity (Wildman–Crippen MR) is 83.8 cm³/mol. The van der Waals surface area contributed by atoms with Crippen LogP contribution in [0.2, 0.25) is 5.15 Å². The lowest BCUT2D eigenvalue weighted by Gasteiger charge is -1.99. The highest BCUT2D eigenvalue weighted by atomic mass is 35.5. The summed E-state index contributed by atoms with van der Waals surface area (Å²) in [6.07, 6.45) is 3.14. The zero-order valence-corrected chi connectivity index (χ0v) is 12.5. The number of halogens is 1. The molecule has 12 heteroatoms. The quantitative estimate of drug-likeness (QED) is 0.362. The molecule has 0 saturated carbocycles. The maximum absolute atomic E-state index is 5.71. The third kappa shape index (κ3) is 2.89. The Morgan fingerprint density at radius 3 is 2.13 bits per heavy atom. The first kappa shape index (κ1) is 14.7. The van der Waals surface area contributed by atoms with Crippen LogP contribution in [0.3, 0.4) is 0 Å². The summed E-state index contributed by atoms with van der Waals surface area (Å²) in [5, 5.41) is 14.6. The monoisotopic (exact) mass is 334 g/mol. The molecule has 0 aliphatic carbocycles. The number of rotatable bonds is 1. The minimum absolute atomic E-state index is 0.145. The van der Waals surface area contributed by atoms with Gasteiger partial charge in [0.05, 0.1) is 24.9 Å². The molecule has 0 aliphatic heterocycles. The number of hydrogen-bond acceptors (Lipinski definition) is 9. The van der Waals surface area contributed by atoms with Crippen LogP contribution in [0.4, 0.5) is 11.9 Å². The zero-order valence-electron chi connectivity index (χ0n) is 11.8. The van der Waals surface area contributed by atoms with Gasteiger partial charge in [-0.05, 0) is 0 Å². The number of aromatic nitrogens is 8. The largest absolute Gasteiger partial charge is 0.480 e. The normalized spacial score (nSPS) is 10.5. The second-order valence-electron chi connectivity index (χ2n) is 4.23. The summed E-state index contributed by atoms with van der Waals surface area (Å²) >= 11 is 5.71. The number of ether oxygens (including phenoxy) is 1. The van der Waals surface area contributed by atoms with Gasteiger partial charge in [-0.2, -0.15) is 25.1 Å². The van der Waals surface area contributed by atoms with Crippen molar-refractivity contribution in [2.75, 3.05) is 18.6 Å². The molecule has 0 amide bonds. The van der Waals surface area contributed by atoms with E-state index < -0.39 is 0 Å². The van der Waals surface area contributed by atoms with E-state index >= 15 is 0 Å². The van der Waals surface area contributed by atoms with Crippen molar-refractivity contribution in [2.24, 2.45) is 0 Å². The van der Waals surface area contributed by atoms with Crippen molar-refractivity contribution in [3.05, 3.63) is 17.5 Å². The number of methoxy groups -OCH3 is 1. The molecule has 0 spiro atoms. The van der Waals surface area contributed by atoms with Crippen molar-refractivity contribution in [1.29, 1.82) is 0 Å². The first-order valence-electron chi connectivity index (χ1n) is 6.21. The number of nitrogens with zero attached hydrogens (tertiary/aromatic N) is 6. The van der Waals surface area contributed by atoms with E-state index in [1.54, 1.807) is 12.4 Å². The molecule has 0 saturated heterocycles. The average molecular weight is 335 g/mol. The lowest BCUT2D eigenvalue weighted by atomic mass is 10.4. The van der Waals surface area contributed by atoms with Crippen LogP contribution in [-0.4, -0.2) is 47.4 Å². The van der Waals surface area contributed by atoms with Gasteiger partial charge in [0.15, 0.2) is 11.3 Å². The van der Waals surface area contributed by atoms with E-state index in [4.69, 9.17) is 27.8 Å². The number of aromatic amines is 2. The number of nitrogens with one attached hydrogen (secondary N) is 2. The second kappa shape index (κ2) is 5.88. The van der Waals surface area contributed by atoms with Crippen LogP contribution in [0.25, 0.3) is 22.1 Å². The Labute approximate surface area is 133 Å². The molecule has 0 unspecified atom stereocenters. The first-order chi connectivity index (χ1) is 11.1. The summed E-state index contributed by atoms with van der Waals surface area (Å²) in [6, 6.07) is 0. The van der Waals surface area contributed by atoms with Gasteiger partial charge in [0.1, 0.15) is 10.5 Å². The van der Waals surface area contributed by atoms with Gasteiger partial charge in [-0.3, -0.25) is 10.2 Å². The summed E-state index contributed by atoms with van der Waals surface area (Å²) < 4.78 is 4.98. The molecule has 6 N–H and O–H groups in total. The van der Waals surface area contributed by atoms with Crippen LogP contribution in [0, 0.1) is 0 Å². The number of nitrogen functional groups attached to an aromatic ring is 2. The van der Waals surface area contributed by atoms with Crippen molar-refractivity contribution in [3.63, 3.8) is 0 Å². The summed E-state index contributed by atoms with van der Waals surface area (Å²) in [7, 11) is 1.52. The van der Waals surface area contributed by atoms with Gasteiger partial charge in [0.25, 0.3) is 0 Å². The van der Waals surface area contributed by atoms with Crippen LogP contribution in [0.1, 0.15) is 0 Å². The lowest BCUT2D eigenvalue weighted by Crippen LogP contribution is -1.97. The Hall–Kier alpha value is -3.21. The number of anilines is 2. The fourth-order valence-electron chi connectivity index (χ4n) is 1.80. The van der Waals surface area contributed by atoms with E-state index in [2.05, 4.69) is 40.3 Å². The first-order valence-corrected chi connectivity index (χ1v) is 6.59. The Balaban J connectivity index is 0.000000136. The van der Waals surface area contributed by atoms with Crippen molar-refractivity contribution < 1.29 is 4.74 Å².